The van der Waals surface area contributed by atoms with E-state index in [9.17, 15) is 9.18 Å². The number of nitrogens with two attached hydrogens (primary N) is 1. The van der Waals surface area contributed by atoms with Gasteiger partial charge in [0.2, 0.25) is 0 Å². The lowest BCUT2D eigenvalue weighted by Gasteiger charge is -2.05. The Balaban J connectivity index is 1.95. The van der Waals surface area contributed by atoms with Crippen molar-refractivity contribution in [3.8, 4) is 11.8 Å². The highest BCUT2D eigenvalue weighted by molar-refractivity contribution is 5.94. The van der Waals surface area contributed by atoms with E-state index in [4.69, 9.17) is 5.73 Å². The van der Waals surface area contributed by atoms with Crippen LogP contribution in [0.15, 0.2) is 18.2 Å². The van der Waals surface area contributed by atoms with E-state index in [1.54, 1.807) is 6.07 Å². The third-order valence-corrected chi connectivity index (χ3v) is 3.09. The second-order valence-electron chi connectivity index (χ2n) is 4.69. The lowest BCUT2D eigenvalue weighted by atomic mass is 10.1. The average molecular weight is 260 g/mol. The van der Waals surface area contributed by atoms with E-state index in [2.05, 4.69) is 17.2 Å². The lowest BCUT2D eigenvalue weighted by Crippen LogP contribution is -2.24. The Morgan fingerprint density at radius 2 is 2.26 bits per heavy atom. The molecule has 0 heterocycles. The van der Waals surface area contributed by atoms with Gasteiger partial charge in [0.1, 0.15) is 5.82 Å². The zero-order valence-electron chi connectivity index (χ0n) is 10.7. The number of benzene rings is 1. The molecule has 0 atom stereocenters. The van der Waals surface area contributed by atoms with Crippen LogP contribution in [0.25, 0.3) is 0 Å². The molecule has 19 heavy (non-hydrogen) atoms. The molecule has 0 spiro atoms. The van der Waals surface area contributed by atoms with Crippen molar-refractivity contribution in [1.82, 2.24) is 5.32 Å². The minimum Gasteiger partial charge on any atom is -0.352 e. The van der Waals surface area contributed by atoms with Crippen molar-refractivity contribution >= 4 is 5.91 Å². The third-order valence-electron chi connectivity index (χ3n) is 3.09. The van der Waals surface area contributed by atoms with Crippen LogP contribution in [-0.4, -0.2) is 19.0 Å². The minimum atomic E-state index is -0.490. The van der Waals surface area contributed by atoms with E-state index in [1.165, 1.54) is 25.0 Å². The summed E-state index contributed by atoms with van der Waals surface area (Å²) in [5.74, 6) is 5.25. The monoisotopic (exact) mass is 260 g/mol. The predicted octanol–water partition coefficient (Wildman–Crippen LogP) is 1.67. The third kappa shape index (κ3) is 4.08. The zero-order chi connectivity index (χ0) is 13.7. The van der Waals surface area contributed by atoms with Crippen molar-refractivity contribution in [3.63, 3.8) is 0 Å². The van der Waals surface area contributed by atoms with Gasteiger partial charge in [0.05, 0.1) is 12.1 Å². The lowest BCUT2D eigenvalue weighted by molar-refractivity contribution is 0.0952. The first-order chi connectivity index (χ1) is 9.20. The summed E-state index contributed by atoms with van der Waals surface area (Å²) in [5, 5.41) is 2.80. The van der Waals surface area contributed by atoms with Crippen LogP contribution >= 0.6 is 0 Å². The van der Waals surface area contributed by atoms with Gasteiger partial charge in [0.25, 0.3) is 5.91 Å². The molecule has 0 unspecified atom stereocenters. The molecule has 1 aliphatic carbocycles. The number of hydrogen-bond acceptors (Lipinski definition) is 2. The van der Waals surface area contributed by atoms with Crippen molar-refractivity contribution in [2.75, 3.05) is 13.1 Å². The highest BCUT2D eigenvalue weighted by Crippen LogP contribution is 2.31. The molecule has 100 valence electrons. The van der Waals surface area contributed by atoms with E-state index in [0.29, 0.717) is 12.1 Å². The van der Waals surface area contributed by atoms with Crippen molar-refractivity contribution in [2.45, 2.75) is 19.3 Å². The number of carbonyl (C=O) groups is 1. The SMILES string of the molecule is NCC#Cc1ccc(C(=O)NCCC2CC2)cc1F. The second-order valence-corrected chi connectivity index (χ2v) is 4.69. The maximum atomic E-state index is 13.7. The molecule has 0 aromatic heterocycles. The molecule has 3 nitrogen and oxygen atoms in total. The van der Waals surface area contributed by atoms with Gasteiger partial charge in [-0.3, -0.25) is 4.79 Å². The molecule has 1 aromatic rings. The quantitative estimate of drug-likeness (QED) is 0.809. The van der Waals surface area contributed by atoms with Crippen LogP contribution in [0.5, 0.6) is 0 Å². The normalized spacial score (nSPS) is 13.6. The summed E-state index contributed by atoms with van der Waals surface area (Å²) < 4.78 is 13.7. The van der Waals surface area contributed by atoms with Gasteiger partial charge in [-0.1, -0.05) is 24.7 Å². The molecule has 1 aliphatic rings. The van der Waals surface area contributed by atoms with Crippen LogP contribution in [0.4, 0.5) is 4.39 Å². The van der Waals surface area contributed by atoms with E-state index < -0.39 is 5.82 Å². The Morgan fingerprint density at radius 3 is 2.89 bits per heavy atom. The van der Waals surface area contributed by atoms with Crippen LogP contribution < -0.4 is 11.1 Å². The molecule has 1 amide bonds. The van der Waals surface area contributed by atoms with Crippen molar-refractivity contribution in [1.29, 1.82) is 0 Å². The fourth-order valence-electron chi connectivity index (χ4n) is 1.80. The molecular weight excluding hydrogens is 243 g/mol. The van der Waals surface area contributed by atoms with Crippen molar-refractivity contribution in [2.24, 2.45) is 11.7 Å². The van der Waals surface area contributed by atoms with Crippen LogP contribution in [0.2, 0.25) is 0 Å². The molecule has 0 bridgehead atoms. The van der Waals surface area contributed by atoms with E-state index in [0.717, 1.165) is 12.3 Å². The summed E-state index contributed by atoms with van der Waals surface area (Å²) in [5.41, 5.74) is 5.82. The Labute approximate surface area is 112 Å². The molecule has 0 radical (unpaired) electrons. The van der Waals surface area contributed by atoms with Gasteiger partial charge >= 0.3 is 0 Å². The topological polar surface area (TPSA) is 55.1 Å². The largest absolute Gasteiger partial charge is 0.352 e. The maximum Gasteiger partial charge on any atom is 0.251 e. The van der Waals surface area contributed by atoms with Gasteiger partial charge < -0.3 is 11.1 Å². The van der Waals surface area contributed by atoms with E-state index in [-0.39, 0.29) is 18.0 Å². The summed E-state index contributed by atoms with van der Waals surface area (Å²) in [6, 6.07) is 4.30. The molecular formula is C15H17FN2O. The van der Waals surface area contributed by atoms with Crippen molar-refractivity contribution < 1.29 is 9.18 Å². The van der Waals surface area contributed by atoms with Gasteiger partial charge in [-0.25, -0.2) is 4.39 Å². The Hall–Kier alpha value is -1.86. The van der Waals surface area contributed by atoms with Crippen molar-refractivity contribution in [3.05, 3.63) is 35.1 Å². The summed E-state index contributed by atoms with van der Waals surface area (Å²) in [6.45, 7) is 0.836. The number of hydrogen-bond donors (Lipinski definition) is 2. The van der Waals surface area contributed by atoms with Crippen LogP contribution in [0.3, 0.4) is 0 Å². The fourth-order valence-corrected chi connectivity index (χ4v) is 1.80. The summed E-state index contributed by atoms with van der Waals surface area (Å²) in [6.07, 6.45) is 3.53. The van der Waals surface area contributed by atoms with Gasteiger partial charge in [-0.2, -0.15) is 0 Å². The van der Waals surface area contributed by atoms with E-state index >= 15 is 0 Å². The Kier molecular flexibility index (Phi) is 4.53. The predicted molar refractivity (Wildman–Crippen MR) is 72.0 cm³/mol. The molecule has 2 rings (SSSR count). The first kappa shape index (κ1) is 13.6. The Morgan fingerprint density at radius 1 is 1.47 bits per heavy atom. The number of rotatable bonds is 4. The zero-order valence-corrected chi connectivity index (χ0v) is 10.7. The fraction of sp³-hybridized carbons (Fsp3) is 0.400. The second kappa shape index (κ2) is 6.35. The van der Waals surface area contributed by atoms with Crippen LogP contribution in [-0.2, 0) is 0 Å². The number of carbonyl (C=O) groups excluding carboxylic acids is 1. The molecule has 1 saturated carbocycles. The van der Waals surface area contributed by atoms with E-state index in [1.807, 2.05) is 0 Å². The van der Waals surface area contributed by atoms with Crippen LogP contribution in [0.1, 0.15) is 35.2 Å². The average Bonchev–Trinajstić information content (AvgIpc) is 3.21. The maximum absolute atomic E-state index is 13.7. The molecule has 0 aliphatic heterocycles. The molecule has 1 fully saturated rings. The number of nitrogens with one attached hydrogen (secondary N) is 1. The summed E-state index contributed by atoms with van der Waals surface area (Å²) in [7, 11) is 0. The van der Waals surface area contributed by atoms with Crippen LogP contribution in [0, 0.1) is 23.6 Å². The van der Waals surface area contributed by atoms with Gasteiger partial charge in [0.15, 0.2) is 0 Å². The molecule has 1 aromatic carbocycles. The summed E-state index contributed by atoms with van der Waals surface area (Å²) in [4.78, 5) is 11.8. The molecule has 0 saturated heterocycles. The molecule has 4 heteroatoms. The highest BCUT2D eigenvalue weighted by atomic mass is 19.1. The van der Waals surface area contributed by atoms with Gasteiger partial charge in [-0.05, 0) is 30.5 Å². The standard InChI is InChI=1S/C15H17FN2O/c16-14-10-13(6-5-12(14)2-1-8-17)15(19)18-9-7-11-3-4-11/h5-6,10-11H,3-4,7-9,17H2,(H,18,19). The van der Waals surface area contributed by atoms with Gasteiger partial charge in [-0.15, -0.1) is 0 Å². The summed E-state index contributed by atoms with van der Waals surface area (Å²) >= 11 is 0. The Bertz CT molecular complexity index is 527. The number of amides is 1. The van der Waals surface area contributed by atoms with Gasteiger partial charge in [0, 0.05) is 12.1 Å². The number of halogens is 1. The first-order valence-corrected chi connectivity index (χ1v) is 6.47. The first-order valence-electron chi connectivity index (χ1n) is 6.47. The highest BCUT2D eigenvalue weighted by Gasteiger charge is 2.20. The minimum absolute atomic E-state index is 0.183. The molecule has 3 N–H and O–H groups in total. The smallest absolute Gasteiger partial charge is 0.251 e.